The van der Waals surface area contributed by atoms with E-state index in [4.69, 9.17) is 16.0 Å². The molecule has 18 heavy (non-hydrogen) atoms. The molecular weight excluding hydrogens is 270 g/mol. The minimum absolute atomic E-state index is 0.558. The first-order valence-electron chi connectivity index (χ1n) is 5.42. The molecule has 2 heterocycles. The van der Waals surface area contributed by atoms with Crippen molar-refractivity contribution in [3.8, 4) is 0 Å². The summed E-state index contributed by atoms with van der Waals surface area (Å²) in [4.78, 5) is 9.45. The van der Waals surface area contributed by atoms with E-state index in [2.05, 4.69) is 15.3 Å². The second kappa shape index (κ2) is 4.59. The molecule has 2 aromatic heterocycles. The fraction of sp³-hybridized carbons (Fsp3) is 0.167. The van der Waals surface area contributed by atoms with Gasteiger partial charge in [-0.15, -0.1) is 11.3 Å². The number of thiazole rings is 1. The summed E-state index contributed by atoms with van der Waals surface area (Å²) >= 11 is 7.26. The van der Waals surface area contributed by atoms with Crippen LogP contribution in [0.15, 0.2) is 28.8 Å². The van der Waals surface area contributed by atoms with E-state index in [-0.39, 0.29) is 0 Å². The Labute approximate surface area is 113 Å². The van der Waals surface area contributed by atoms with Gasteiger partial charge in [0.1, 0.15) is 5.52 Å². The Bertz CT molecular complexity index is 692. The van der Waals surface area contributed by atoms with Crippen molar-refractivity contribution in [1.29, 1.82) is 0 Å². The Morgan fingerprint density at radius 3 is 3.11 bits per heavy atom. The summed E-state index contributed by atoms with van der Waals surface area (Å²) in [6, 6.07) is 5.83. The molecule has 0 aliphatic heterocycles. The number of anilines is 1. The van der Waals surface area contributed by atoms with Gasteiger partial charge in [-0.2, -0.15) is 0 Å². The molecule has 0 unspecified atom stereocenters. The van der Waals surface area contributed by atoms with E-state index in [1.807, 2.05) is 25.1 Å². The largest absolute Gasteiger partial charge is 0.441 e. The third kappa shape index (κ3) is 2.19. The van der Waals surface area contributed by atoms with Crippen LogP contribution in [0.25, 0.3) is 11.1 Å². The van der Waals surface area contributed by atoms with Gasteiger partial charge in [-0.25, -0.2) is 9.97 Å². The average molecular weight is 280 g/mol. The summed E-state index contributed by atoms with van der Waals surface area (Å²) in [5, 5.41) is 3.32. The summed E-state index contributed by atoms with van der Waals surface area (Å²) in [6.07, 6.45) is 1.77. The van der Waals surface area contributed by atoms with Gasteiger partial charge in [-0.1, -0.05) is 17.7 Å². The van der Waals surface area contributed by atoms with Crippen LogP contribution in [0.4, 0.5) is 5.69 Å². The molecule has 92 valence electrons. The zero-order chi connectivity index (χ0) is 12.5. The summed E-state index contributed by atoms with van der Waals surface area (Å²) in [5.41, 5.74) is 2.60. The highest BCUT2D eigenvalue weighted by atomic mass is 35.5. The van der Waals surface area contributed by atoms with Gasteiger partial charge in [-0.05, 0) is 12.1 Å². The number of nitrogens with zero attached hydrogens (tertiary/aromatic N) is 2. The molecule has 0 radical (unpaired) electrons. The van der Waals surface area contributed by atoms with Crippen molar-refractivity contribution >= 4 is 39.7 Å². The maximum absolute atomic E-state index is 5.79. The molecule has 0 aliphatic rings. The number of hydrogen-bond acceptors (Lipinski definition) is 5. The molecule has 1 aromatic carbocycles. The predicted molar refractivity (Wildman–Crippen MR) is 73.2 cm³/mol. The lowest BCUT2D eigenvalue weighted by Gasteiger charge is -2.04. The molecular formula is C12H10ClN3OS. The number of nitrogens with one attached hydrogen (secondary N) is 1. The summed E-state index contributed by atoms with van der Waals surface area (Å²) < 4.78 is 6.04. The molecule has 0 saturated carbocycles. The fourth-order valence-electron chi connectivity index (χ4n) is 1.75. The van der Waals surface area contributed by atoms with E-state index >= 15 is 0 Å². The highest BCUT2D eigenvalue weighted by molar-refractivity contribution is 7.15. The van der Waals surface area contributed by atoms with Crippen molar-refractivity contribution in [2.24, 2.45) is 0 Å². The molecule has 0 fully saturated rings. The van der Waals surface area contributed by atoms with Gasteiger partial charge < -0.3 is 9.73 Å². The Balaban J connectivity index is 1.86. The highest BCUT2D eigenvalue weighted by Gasteiger charge is 2.07. The van der Waals surface area contributed by atoms with Gasteiger partial charge in [0.25, 0.3) is 0 Å². The molecule has 3 aromatic rings. The van der Waals surface area contributed by atoms with Crippen molar-refractivity contribution in [3.63, 3.8) is 0 Å². The number of benzene rings is 1. The number of fused-ring (bicyclic) bond motifs is 1. The van der Waals surface area contributed by atoms with Crippen LogP contribution in [0, 0.1) is 6.92 Å². The summed E-state index contributed by atoms with van der Waals surface area (Å²) in [5.74, 6) is 0.667. The van der Waals surface area contributed by atoms with Gasteiger partial charge in [-0.3, -0.25) is 0 Å². The van der Waals surface area contributed by atoms with Crippen molar-refractivity contribution in [2.75, 3.05) is 5.32 Å². The SMILES string of the molecule is Cc1nc2c(NCc3cnc(Cl)s3)cccc2o1. The Morgan fingerprint density at radius 2 is 2.33 bits per heavy atom. The average Bonchev–Trinajstić information content (AvgIpc) is 2.91. The van der Waals surface area contributed by atoms with Crippen molar-refractivity contribution in [1.82, 2.24) is 9.97 Å². The molecule has 0 saturated heterocycles. The second-order valence-electron chi connectivity index (χ2n) is 3.82. The minimum Gasteiger partial charge on any atom is -0.441 e. The van der Waals surface area contributed by atoms with Gasteiger partial charge in [0.05, 0.1) is 12.2 Å². The highest BCUT2D eigenvalue weighted by Crippen LogP contribution is 2.25. The van der Waals surface area contributed by atoms with Crippen LogP contribution in [-0.2, 0) is 6.54 Å². The van der Waals surface area contributed by atoms with Crippen molar-refractivity contribution in [3.05, 3.63) is 39.6 Å². The first-order valence-corrected chi connectivity index (χ1v) is 6.62. The van der Waals surface area contributed by atoms with Crippen LogP contribution in [0.2, 0.25) is 4.47 Å². The van der Waals surface area contributed by atoms with Crippen molar-refractivity contribution < 1.29 is 4.42 Å². The number of aryl methyl sites for hydroxylation is 1. The zero-order valence-corrected chi connectivity index (χ0v) is 11.2. The van der Waals surface area contributed by atoms with Crippen LogP contribution in [0.3, 0.4) is 0 Å². The standard InChI is InChI=1S/C12H10ClN3OS/c1-7-16-11-9(3-2-4-10(11)17-7)14-5-8-6-15-12(13)18-8/h2-4,6,14H,5H2,1H3. The minimum atomic E-state index is 0.558. The lowest BCUT2D eigenvalue weighted by Crippen LogP contribution is -1.97. The Kier molecular flexibility index (Phi) is 2.93. The fourth-order valence-corrected chi connectivity index (χ4v) is 2.67. The summed E-state index contributed by atoms with van der Waals surface area (Å²) in [7, 11) is 0. The Morgan fingerprint density at radius 1 is 1.44 bits per heavy atom. The van der Waals surface area contributed by atoms with Crippen LogP contribution in [0.1, 0.15) is 10.8 Å². The topological polar surface area (TPSA) is 51.0 Å². The number of halogens is 1. The Hall–Kier alpha value is -1.59. The van der Waals surface area contributed by atoms with Gasteiger partial charge >= 0.3 is 0 Å². The van der Waals surface area contributed by atoms with Crippen molar-refractivity contribution in [2.45, 2.75) is 13.5 Å². The van der Waals surface area contributed by atoms with E-state index in [9.17, 15) is 0 Å². The maximum atomic E-state index is 5.79. The molecule has 0 aliphatic carbocycles. The predicted octanol–water partition coefficient (Wildman–Crippen LogP) is 3.86. The van der Waals surface area contributed by atoms with E-state index in [0.29, 0.717) is 16.9 Å². The molecule has 1 N–H and O–H groups in total. The molecule has 0 atom stereocenters. The number of hydrogen-bond donors (Lipinski definition) is 1. The van der Waals surface area contributed by atoms with Gasteiger partial charge in [0, 0.05) is 18.0 Å². The third-order valence-corrected chi connectivity index (χ3v) is 3.62. The smallest absolute Gasteiger partial charge is 0.192 e. The quantitative estimate of drug-likeness (QED) is 0.791. The van der Waals surface area contributed by atoms with Crippen LogP contribution in [-0.4, -0.2) is 9.97 Å². The van der Waals surface area contributed by atoms with Gasteiger partial charge in [0.15, 0.2) is 15.9 Å². The second-order valence-corrected chi connectivity index (χ2v) is 5.52. The monoisotopic (exact) mass is 279 g/mol. The molecule has 3 rings (SSSR count). The summed E-state index contributed by atoms with van der Waals surface area (Å²) in [6.45, 7) is 2.52. The van der Waals surface area contributed by atoms with E-state index in [0.717, 1.165) is 21.7 Å². The van der Waals surface area contributed by atoms with Crippen LogP contribution < -0.4 is 5.32 Å². The zero-order valence-electron chi connectivity index (χ0n) is 9.61. The van der Waals surface area contributed by atoms with E-state index < -0.39 is 0 Å². The third-order valence-electron chi connectivity index (χ3n) is 2.50. The molecule has 6 heteroatoms. The van der Waals surface area contributed by atoms with E-state index in [1.54, 1.807) is 6.20 Å². The number of aromatic nitrogens is 2. The van der Waals surface area contributed by atoms with Crippen LogP contribution >= 0.6 is 22.9 Å². The number of oxazole rings is 1. The van der Waals surface area contributed by atoms with Crippen LogP contribution in [0.5, 0.6) is 0 Å². The lowest BCUT2D eigenvalue weighted by atomic mass is 10.3. The number of rotatable bonds is 3. The number of para-hydroxylation sites is 1. The maximum Gasteiger partial charge on any atom is 0.192 e. The molecule has 4 nitrogen and oxygen atoms in total. The molecule has 0 bridgehead atoms. The first kappa shape index (κ1) is 11.5. The molecule has 0 amide bonds. The van der Waals surface area contributed by atoms with E-state index in [1.165, 1.54) is 11.3 Å². The van der Waals surface area contributed by atoms with Gasteiger partial charge in [0.2, 0.25) is 0 Å². The molecule has 0 spiro atoms. The lowest BCUT2D eigenvalue weighted by molar-refractivity contribution is 0.561. The first-order chi connectivity index (χ1) is 8.72. The normalized spacial score (nSPS) is 11.0.